The SMILES string of the molecule is C=CCNC(=O)C(=O)CNC(=O)C1C(CCC)C(C)CN1C(=O)CN.CCCCCCCCC. The minimum absolute atomic E-state index is 0.00481. The minimum atomic E-state index is -0.778. The van der Waals surface area contributed by atoms with E-state index < -0.39 is 30.2 Å². The Morgan fingerprint density at radius 3 is 2.06 bits per heavy atom. The summed E-state index contributed by atoms with van der Waals surface area (Å²) in [6, 6.07) is -0.657. The van der Waals surface area contributed by atoms with Gasteiger partial charge in [-0.05, 0) is 18.3 Å². The Morgan fingerprint density at radius 1 is 0.971 bits per heavy atom. The maximum atomic E-state index is 12.6. The molecule has 8 heteroatoms. The Kier molecular flexibility index (Phi) is 17.9. The van der Waals surface area contributed by atoms with Gasteiger partial charge in [-0.15, -0.1) is 6.58 Å². The number of rotatable bonds is 15. The highest BCUT2D eigenvalue weighted by Gasteiger charge is 2.44. The van der Waals surface area contributed by atoms with E-state index in [4.69, 9.17) is 5.73 Å². The van der Waals surface area contributed by atoms with Crippen LogP contribution in [0.1, 0.15) is 85.5 Å². The minimum Gasteiger partial charge on any atom is -0.347 e. The molecule has 0 aliphatic carbocycles. The van der Waals surface area contributed by atoms with Crippen molar-refractivity contribution < 1.29 is 19.2 Å². The van der Waals surface area contributed by atoms with E-state index >= 15 is 0 Å². The number of carbonyl (C=O) groups is 4. The van der Waals surface area contributed by atoms with Crippen molar-refractivity contribution >= 4 is 23.5 Å². The van der Waals surface area contributed by atoms with Gasteiger partial charge in [0, 0.05) is 13.1 Å². The quantitative estimate of drug-likeness (QED) is 0.189. The topological polar surface area (TPSA) is 122 Å². The van der Waals surface area contributed by atoms with Gasteiger partial charge in [-0.2, -0.15) is 0 Å². The van der Waals surface area contributed by atoms with Crippen LogP contribution in [0.5, 0.6) is 0 Å². The average Bonchev–Trinajstić information content (AvgIpc) is 3.16. The van der Waals surface area contributed by atoms with Crippen molar-refractivity contribution in [3.8, 4) is 0 Å². The first-order chi connectivity index (χ1) is 16.3. The van der Waals surface area contributed by atoms with E-state index in [2.05, 4.69) is 31.1 Å². The highest BCUT2D eigenvalue weighted by atomic mass is 16.2. The Labute approximate surface area is 206 Å². The monoisotopic (exact) mass is 480 g/mol. The zero-order valence-electron chi connectivity index (χ0n) is 21.9. The van der Waals surface area contributed by atoms with Gasteiger partial charge in [0.05, 0.1) is 13.1 Å². The summed E-state index contributed by atoms with van der Waals surface area (Å²) in [7, 11) is 0. The maximum Gasteiger partial charge on any atom is 0.289 e. The molecule has 0 aromatic rings. The molecule has 1 rings (SSSR count). The number of carbonyl (C=O) groups excluding carboxylic acids is 4. The first kappa shape index (κ1) is 31.8. The lowest BCUT2D eigenvalue weighted by Crippen LogP contribution is -2.51. The zero-order chi connectivity index (χ0) is 25.9. The van der Waals surface area contributed by atoms with Gasteiger partial charge in [-0.1, -0.05) is 85.1 Å². The van der Waals surface area contributed by atoms with Crippen LogP contribution in [0.3, 0.4) is 0 Å². The lowest BCUT2D eigenvalue weighted by atomic mass is 9.87. The fourth-order valence-electron chi connectivity index (χ4n) is 4.23. The number of Topliss-reactive ketones (excluding diaryl/α,β-unsaturated/α-hetero) is 1. The van der Waals surface area contributed by atoms with Gasteiger partial charge in [0.25, 0.3) is 5.91 Å². The Hall–Kier alpha value is -2.22. The van der Waals surface area contributed by atoms with Crippen LogP contribution in [0.25, 0.3) is 0 Å². The predicted molar refractivity (Wildman–Crippen MR) is 137 cm³/mol. The summed E-state index contributed by atoms with van der Waals surface area (Å²) in [6.07, 6.45) is 13.1. The molecular formula is C26H48N4O4. The van der Waals surface area contributed by atoms with E-state index in [1.54, 1.807) is 0 Å². The number of hydrogen-bond donors (Lipinski definition) is 3. The predicted octanol–water partition coefficient (Wildman–Crippen LogP) is 2.95. The lowest BCUT2D eigenvalue weighted by Gasteiger charge is -2.27. The molecule has 3 atom stereocenters. The molecule has 4 N–H and O–H groups in total. The fourth-order valence-corrected chi connectivity index (χ4v) is 4.23. The summed E-state index contributed by atoms with van der Waals surface area (Å²) in [6.45, 7) is 12.0. The van der Waals surface area contributed by atoms with E-state index in [-0.39, 0.29) is 30.8 Å². The molecule has 0 radical (unpaired) electrons. The number of likely N-dealkylation sites (tertiary alicyclic amines) is 1. The van der Waals surface area contributed by atoms with Crippen molar-refractivity contribution in [2.75, 3.05) is 26.2 Å². The van der Waals surface area contributed by atoms with Crippen LogP contribution >= 0.6 is 0 Å². The van der Waals surface area contributed by atoms with E-state index in [1.165, 1.54) is 55.9 Å². The molecule has 3 amide bonds. The van der Waals surface area contributed by atoms with Gasteiger partial charge in [-0.3, -0.25) is 19.2 Å². The van der Waals surface area contributed by atoms with E-state index in [0.717, 1.165) is 12.8 Å². The number of nitrogens with two attached hydrogens (primary N) is 1. The smallest absolute Gasteiger partial charge is 0.289 e. The van der Waals surface area contributed by atoms with E-state index in [9.17, 15) is 19.2 Å². The molecule has 0 aromatic heterocycles. The summed E-state index contributed by atoms with van der Waals surface area (Å²) in [5.74, 6) is -2.07. The van der Waals surface area contributed by atoms with Crippen molar-refractivity contribution in [2.24, 2.45) is 17.6 Å². The summed E-state index contributed by atoms with van der Waals surface area (Å²) < 4.78 is 0. The lowest BCUT2D eigenvalue weighted by molar-refractivity contribution is -0.140. The second-order valence-corrected chi connectivity index (χ2v) is 9.03. The van der Waals surface area contributed by atoms with Crippen LogP contribution in [-0.4, -0.2) is 60.6 Å². The fraction of sp³-hybridized carbons (Fsp3) is 0.769. The third-order valence-corrected chi connectivity index (χ3v) is 6.13. The first-order valence-electron chi connectivity index (χ1n) is 13.0. The molecule has 0 bridgehead atoms. The highest BCUT2D eigenvalue weighted by Crippen LogP contribution is 2.33. The van der Waals surface area contributed by atoms with Crippen molar-refractivity contribution in [3.63, 3.8) is 0 Å². The molecule has 1 saturated heterocycles. The van der Waals surface area contributed by atoms with Crippen LogP contribution < -0.4 is 16.4 Å². The molecule has 196 valence electrons. The molecule has 1 aliphatic heterocycles. The van der Waals surface area contributed by atoms with Gasteiger partial charge in [0.1, 0.15) is 6.04 Å². The molecule has 1 heterocycles. The maximum absolute atomic E-state index is 12.6. The number of hydrogen-bond acceptors (Lipinski definition) is 5. The number of unbranched alkanes of at least 4 members (excludes halogenated alkanes) is 6. The molecule has 0 saturated carbocycles. The van der Waals surface area contributed by atoms with Crippen molar-refractivity contribution in [2.45, 2.75) is 91.5 Å². The normalized spacial score (nSPS) is 19.1. The van der Waals surface area contributed by atoms with Gasteiger partial charge < -0.3 is 21.3 Å². The van der Waals surface area contributed by atoms with Crippen molar-refractivity contribution in [3.05, 3.63) is 12.7 Å². The Bertz CT molecular complexity index is 632. The van der Waals surface area contributed by atoms with Crippen LogP contribution in [0.15, 0.2) is 12.7 Å². The molecule has 1 fully saturated rings. The number of nitrogens with zero attached hydrogens (tertiary/aromatic N) is 1. The Morgan fingerprint density at radius 2 is 1.56 bits per heavy atom. The molecule has 34 heavy (non-hydrogen) atoms. The average molecular weight is 481 g/mol. The highest BCUT2D eigenvalue weighted by molar-refractivity contribution is 6.37. The van der Waals surface area contributed by atoms with Crippen LogP contribution in [0.2, 0.25) is 0 Å². The van der Waals surface area contributed by atoms with Crippen LogP contribution in [0.4, 0.5) is 0 Å². The third-order valence-electron chi connectivity index (χ3n) is 6.13. The third kappa shape index (κ3) is 11.8. The van der Waals surface area contributed by atoms with Gasteiger partial charge in [-0.25, -0.2) is 0 Å². The second-order valence-electron chi connectivity index (χ2n) is 9.03. The van der Waals surface area contributed by atoms with Crippen LogP contribution in [0, 0.1) is 11.8 Å². The second kappa shape index (κ2) is 19.1. The first-order valence-corrected chi connectivity index (χ1v) is 13.0. The summed E-state index contributed by atoms with van der Waals surface area (Å²) in [5.41, 5.74) is 5.45. The zero-order valence-corrected chi connectivity index (χ0v) is 21.9. The number of amides is 3. The van der Waals surface area contributed by atoms with E-state index in [1.807, 2.05) is 13.8 Å². The molecule has 8 nitrogen and oxygen atoms in total. The molecular weight excluding hydrogens is 432 g/mol. The van der Waals surface area contributed by atoms with Gasteiger partial charge >= 0.3 is 0 Å². The number of ketones is 1. The molecule has 0 aromatic carbocycles. The standard InChI is InChI=1S/C17H28N4O4.C9H20/c1-4-6-12-11(3)10-21(14(23)8-18)15(12)17(25)20-9-13(22)16(24)19-7-5-2;1-3-5-7-9-8-6-4-2/h5,11-12,15H,2,4,6-10,18H2,1,3H3,(H,19,24)(H,20,25);3-9H2,1-2H3. The van der Waals surface area contributed by atoms with Gasteiger partial charge in [0.2, 0.25) is 17.6 Å². The van der Waals surface area contributed by atoms with E-state index in [0.29, 0.717) is 6.54 Å². The Balaban J connectivity index is 0.00000102. The van der Waals surface area contributed by atoms with Crippen molar-refractivity contribution in [1.29, 1.82) is 0 Å². The van der Waals surface area contributed by atoms with Gasteiger partial charge in [0.15, 0.2) is 0 Å². The largest absolute Gasteiger partial charge is 0.347 e. The molecule has 0 spiro atoms. The van der Waals surface area contributed by atoms with Crippen molar-refractivity contribution in [1.82, 2.24) is 15.5 Å². The number of nitrogens with one attached hydrogen (secondary N) is 2. The molecule has 3 unspecified atom stereocenters. The summed E-state index contributed by atoms with van der Waals surface area (Å²) in [4.78, 5) is 49.4. The molecule has 1 aliphatic rings. The summed E-state index contributed by atoms with van der Waals surface area (Å²) >= 11 is 0. The van der Waals surface area contributed by atoms with Crippen LogP contribution in [-0.2, 0) is 19.2 Å². The summed E-state index contributed by atoms with van der Waals surface area (Å²) in [5, 5.41) is 4.85.